The topological polar surface area (TPSA) is 89.6 Å². The third-order valence-electron chi connectivity index (χ3n) is 3.94. The smallest absolute Gasteiger partial charge is 0.293 e. The summed E-state index contributed by atoms with van der Waals surface area (Å²) in [6, 6.07) is 1.79. The average molecular weight is 332 g/mol. The number of nitrogens with zero attached hydrogens (tertiary/aromatic N) is 3. The van der Waals surface area contributed by atoms with Crippen LogP contribution in [0.4, 0.5) is 5.82 Å². The van der Waals surface area contributed by atoms with Crippen LogP contribution in [0.3, 0.4) is 0 Å². The van der Waals surface area contributed by atoms with Gasteiger partial charge in [-0.25, -0.2) is 4.98 Å². The monoisotopic (exact) mass is 332 g/mol. The number of hydrogen-bond acceptors (Lipinski definition) is 6. The number of aryl methyl sites for hydroxylation is 1. The van der Waals surface area contributed by atoms with Crippen molar-refractivity contribution in [3.05, 3.63) is 46.9 Å². The van der Waals surface area contributed by atoms with Gasteiger partial charge in [-0.15, -0.1) is 0 Å². The van der Waals surface area contributed by atoms with Gasteiger partial charge in [0.15, 0.2) is 5.82 Å². The number of furan rings is 1. The van der Waals surface area contributed by atoms with Gasteiger partial charge in [-0.1, -0.05) is 0 Å². The Morgan fingerprint density at radius 3 is 3.17 bits per heavy atom. The molecule has 0 aliphatic carbocycles. The first kappa shape index (κ1) is 16.3. The minimum absolute atomic E-state index is 0.0402. The molecule has 0 saturated carbocycles. The quantitative estimate of drug-likeness (QED) is 0.844. The van der Waals surface area contributed by atoms with Gasteiger partial charge in [0.2, 0.25) is 5.91 Å². The van der Waals surface area contributed by atoms with Gasteiger partial charge >= 0.3 is 0 Å². The SMILES string of the molecule is Cn1ccnc(NC[C@@H]2CN(C(=O)Cc3ccoc3)CCO2)c1=O. The first-order valence-electron chi connectivity index (χ1n) is 7.79. The molecular formula is C16H20N4O4. The highest BCUT2D eigenvalue weighted by Gasteiger charge is 2.24. The number of rotatable bonds is 5. The molecule has 24 heavy (non-hydrogen) atoms. The second kappa shape index (κ2) is 7.31. The van der Waals surface area contributed by atoms with Crippen LogP contribution >= 0.6 is 0 Å². The van der Waals surface area contributed by atoms with E-state index in [1.54, 1.807) is 42.9 Å². The standard InChI is InChI=1S/C16H20N4O4/c1-19-4-3-17-15(16(19)22)18-9-13-10-20(5-7-24-13)14(21)8-12-2-6-23-11-12/h2-4,6,11,13H,5,7-10H2,1H3,(H,17,18)/t13-/m1/s1. The highest BCUT2D eigenvalue weighted by molar-refractivity contribution is 5.78. The third-order valence-corrected chi connectivity index (χ3v) is 3.94. The van der Waals surface area contributed by atoms with Crippen LogP contribution in [0.5, 0.6) is 0 Å². The number of carbonyl (C=O) groups is 1. The number of ether oxygens (including phenoxy) is 1. The Hall–Kier alpha value is -2.61. The Labute approximate surface area is 139 Å². The van der Waals surface area contributed by atoms with Crippen molar-refractivity contribution in [1.29, 1.82) is 0 Å². The molecule has 1 aliphatic heterocycles. The summed E-state index contributed by atoms with van der Waals surface area (Å²) in [6.45, 7) is 1.95. The first-order valence-corrected chi connectivity index (χ1v) is 7.79. The van der Waals surface area contributed by atoms with Crippen LogP contribution in [0.25, 0.3) is 0 Å². The molecule has 0 bridgehead atoms. The fraction of sp³-hybridized carbons (Fsp3) is 0.438. The number of anilines is 1. The van der Waals surface area contributed by atoms with E-state index in [0.717, 1.165) is 5.56 Å². The van der Waals surface area contributed by atoms with Gasteiger partial charge in [0.25, 0.3) is 5.56 Å². The maximum absolute atomic E-state index is 12.3. The van der Waals surface area contributed by atoms with Crippen molar-refractivity contribution in [1.82, 2.24) is 14.5 Å². The van der Waals surface area contributed by atoms with Crippen molar-refractivity contribution in [2.24, 2.45) is 7.05 Å². The molecule has 8 nitrogen and oxygen atoms in total. The zero-order valence-electron chi connectivity index (χ0n) is 13.5. The number of hydrogen-bond donors (Lipinski definition) is 1. The van der Waals surface area contributed by atoms with Crippen molar-refractivity contribution >= 4 is 11.7 Å². The van der Waals surface area contributed by atoms with E-state index in [0.29, 0.717) is 32.7 Å². The van der Waals surface area contributed by atoms with Gasteiger partial charge in [-0.3, -0.25) is 9.59 Å². The molecule has 0 unspecified atom stereocenters. The summed E-state index contributed by atoms with van der Waals surface area (Å²) in [4.78, 5) is 30.1. The lowest BCUT2D eigenvalue weighted by Crippen LogP contribution is -2.48. The normalized spacial score (nSPS) is 17.7. The van der Waals surface area contributed by atoms with E-state index in [9.17, 15) is 9.59 Å². The van der Waals surface area contributed by atoms with E-state index in [1.165, 1.54) is 4.57 Å². The predicted molar refractivity (Wildman–Crippen MR) is 86.7 cm³/mol. The Kier molecular flexibility index (Phi) is 4.95. The van der Waals surface area contributed by atoms with E-state index in [1.807, 2.05) is 0 Å². The average Bonchev–Trinajstić information content (AvgIpc) is 3.09. The molecule has 0 spiro atoms. The van der Waals surface area contributed by atoms with Gasteiger partial charge < -0.3 is 23.9 Å². The van der Waals surface area contributed by atoms with E-state index < -0.39 is 0 Å². The summed E-state index contributed by atoms with van der Waals surface area (Å²) in [6.07, 6.45) is 6.43. The molecule has 0 aromatic carbocycles. The third kappa shape index (κ3) is 3.83. The van der Waals surface area contributed by atoms with Crippen LogP contribution in [0.2, 0.25) is 0 Å². The molecule has 1 aliphatic rings. The van der Waals surface area contributed by atoms with Crippen molar-refractivity contribution < 1.29 is 13.9 Å². The molecule has 2 aromatic rings. The molecule has 2 aromatic heterocycles. The van der Waals surface area contributed by atoms with Gasteiger partial charge in [0.05, 0.1) is 31.7 Å². The summed E-state index contributed by atoms with van der Waals surface area (Å²) in [5.74, 6) is 0.323. The molecular weight excluding hydrogens is 312 g/mol. The number of aromatic nitrogens is 2. The lowest BCUT2D eigenvalue weighted by molar-refractivity contribution is -0.137. The van der Waals surface area contributed by atoms with Crippen LogP contribution < -0.4 is 10.9 Å². The maximum Gasteiger partial charge on any atom is 0.293 e. The van der Waals surface area contributed by atoms with E-state index in [2.05, 4.69) is 10.3 Å². The van der Waals surface area contributed by atoms with Crippen molar-refractivity contribution in [3.8, 4) is 0 Å². The van der Waals surface area contributed by atoms with Crippen LogP contribution in [0.1, 0.15) is 5.56 Å². The van der Waals surface area contributed by atoms with E-state index in [4.69, 9.17) is 9.15 Å². The Bertz CT molecular complexity index is 741. The van der Waals surface area contributed by atoms with Crippen LogP contribution in [-0.2, 0) is 23.0 Å². The summed E-state index contributed by atoms with van der Waals surface area (Å²) in [7, 11) is 1.67. The number of nitrogens with one attached hydrogen (secondary N) is 1. The molecule has 0 radical (unpaired) electrons. The number of carbonyl (C=O) groups excluding carboxylic acids is 1. The minimum Gasteiger partial charge on any atom is -0.472 e. The molecule has 128 valence electrons. The fourth-order valence-corrected chi connectivity index (χ4v) is 2.58. The molecule has 1 amide bonds. The molecule has 3 rings (SSSR count). The second-order valence-electron chi connectivity index (χ2n) is 5.71. The molecule has 3 heterocycles. The van der Waals surface area contributed by atoms with Crippen molar-refractivity contribution in [2.45, 2.75) is 12.5 Å². The predicted octanol–water partition coefficient (Wildman–Crippen LogP) is 0.255. The van der Waals surface area contributed by atoms with Crippen LogP contribution in [-0.4, -0.2) is 52.7 Å². The number of morpholine rings is 1. The molecule has 1 N–H and O–H groups in total. The zero-order chi connectivity index (χ0) is 16.9. The van der Waals surface area contributed by atoms with Gasteiger partial charge in [0, 0.05) is 39.1 Å². The van der Waals surface area contributed by atoms with Gasteiger partial charge in [-0.05, 0) is 11.6 Å². The maximum atomic E-state index is 12.3. The van der Waals surface area contributed by atoms with E-state index >= 15 is 0 Å². The summed E-state index contributed by atoms with van der Waals surface area (Å²) < 4.78 is 12.1. The molecule has 1 fully saturated rings. The fourth-order valence-electron chi connectivity index (χ4n) is 2.58. The lowest BCUT2D eigenvalue weighted by Gasteiger charge is -2.33. The second-order valence-corrected chi connectivity index (χ2v) is 5.71. The molecule has 1 atom stereocenters. The van der Waals surface area contributed by atoms with Gasteiger partial charge in [-0.2, -0.15) is 0 Å². The zero-order valence-corrected chi connectivity index (χ0v) is 13.5. The van der Waals surface area contributed by atoms with Crippen LogP contribution in [0.15, 0.2) is 40.2 Å². The molecule has 8 heteroatoms. The largest absolute Gasteiger partial charge is 0.472 e. The Balaban J connectivity index is 1.54. The van der Waals surface area contributed by atoms with Crippen molar-refractivity contribution in [3.63, 3.8) is 0 Å². The van der Waals surface area contributed by atoms with E-state index in [-0.39, 0.29) is 23.4 Å². The summed E-state index contributed by atoms with van der Waals surface area (Å²) >= 11 is 0. The van der Waals surface area contributed by atoms with Crippen molar-refractivity contribution in [2.75, 3.05) is 31.6 Å². The lowest BCUT2D eigenvalue weighted by atomic mass is 10.2. The highest BCUT2D eigenvalue weighted by Crippen LogP contribution is 2.10. The highest BCUT2D eigenvalue weighted by atomic mass is 16.5. The number of amides is 1. The Morgan fingerprint density at radius 2 is 2.38 bits per heavy atom. The summed E-state index contributed by atoms with van der Waals surface area (Å²) in [5, 5.41) is 3.01. The van der Waals surface area contributed by atoms with Crippen LogP contribution in [0, 0.1) is 0 Å². The first-order chi connectivity index (χ1) is 11.6. The minimum atomic E-state index is -0.193. The summed E-state index contributed by atoms with van der Waals surface area (Å²) in [5.41, 5.74) is 0.666. The molecule has 1 saturated heterocycles. The van der Waals surface area contributed by atoms with Gasteiger partial charge in [0.1, 0.15) is 0 Å². The Morgan fingerprint density at radius 1 is 1.50 bits per heavy atom.